The van der Waals surface area contributed by atoms with Gasteiger partial charge in [0, 0.05) is 45.2 Å². The number of aliphatic hydroxyl groups is 1. The number of aliphatic hydroxyl groups excluding tert-OH is 1. The molecule has 0 saturated carbocycles. The van der Waals surface area contributed by atoms with Crippen LogP contribution >= 0.6 is 0 Å². The molecule has 6 heteroatoms. The lowest BCUT2D eigenvalue weighted by Gasteiger charge is -2.20. The maximum absolute atomic E-state index is 11.4. The molecule has 0 bridgehead atoms. The van der Waals surface area contributed by atoms with Crippen molar-refractivity contribution in [2.75, 3.05) is 26.2 Å². The Morgan fingerprint density at radius 3 is 2.81 bits per heavy atom. The summed E-state index contributed by atoms with van der Waals surface area (Å²) in [7, 11) is 0. The van der Waals surface area contributed by atoms with E-state index >= 15 is 0 Å². The van der Waals surface area contributed by atoms with Crippen LogP contribution in [-0.4, -0.2) is 47.1 Å². The number of rotatable bonds is 6. The zero-order valence-electron chi connectivity index (χ0n) is 12.2. The summed E-state index contributed by atoms with van der Waals surface area (Å²) in [6.45, 7) is 8.90. The molecule has 1 saturated heterocycles. The summed E-state index contributed by atoms with van der Waals surface area (Å²) in [6, 6.07) is 6.88. The van der Waals surface area contributed by atoms with Crippen molar-refractivity contribution < 1.29 is 9.85 Å². The molecule has 1 unspecified atom stereocenters. The molecule has 1 aliphatic heterocycles. The molecule has 0 amide bonds. The number of nitrogens with one attached hydrogen (secondary N) is 2. The van der Waals surface area contributed by atoms with Gasteiger partial charge in [-0.1, -0.05) is 6.58 Å². The molecule has 0 spiro atoms. The van der Waals surface area contributed by atoms with Crippen LogP contribution in [0.4, 0.5) is 5.69 Å². The molecule has 21 heavy (non-hydrogen) atoms. The average molecular weight is 290 g/mol. The summed E-state index contributed by atoms with van der Waals surface area (Å²) in [5.74, 6) is 0.932. The van der Waals surface area contributed by atoms with Crippen molar-refractivity contribution in [2.45, 2.75) is 13.2 Å². The quantitative estimate of drug-likeness (QED) is 0.238. The summed E-state index contributed by atoms with van der Waals surface area (Å²) in [4.78, 5) is 2.13. The van der Waals surface area contributed by atoms with Crippen LogP contribution in [0.2, 0.25) is 0 Å². The van der Waals surface area contributed by atoms with Gasteiger partial charge in [-0.25, -0.2) is 0 Å². The Morgan fingerprint density at radius 2 is 2.24 bits per heavy atom. The zero-order chi connectivity index (χ0) is 15.2. The molecular formula is C15H22N4O2. The van der Waals surface area contributed by atoms with Crippen molar-refractivity contribution in [2.24, 2.45) is 0 Å². The van der Waals surface area contributed by atoms with E-state index in [0.717, 1.165) is 35.8 Å². The third-order valence-electron chi connectivity index (χ3n) is 3.51. The molecular weight excluding hydrogens is 268 g/mol. The van der Waals surface area contributed by atoms with E-state index in [1.807, 2.05) is 0 Å². The van der Waals surface area contributed by atoms with Crippen molar-refractivity contribution in [3.05, 3.63) is 47.4 Å². The van der Waals surface area contributed by atoms with Crippen LogP contribution in [0.3, 0.4) is 0 Å². The fourth-order valence-electron chi connectivity index (χ4n) is 2.24. The highest BCUT2D eigenvalue weighted by Crippen LogP contribution is 2.16. The lowest BCUT2D eigenvalue weighted by Crippen LogP contribution is -2.32. The molecule has 1 aromatic carbocycles. The lowest BCUT2D eigenvalue weighted by molar-refractivity contribution is -0.355. The Labute approximate surface area is 125 Å². The van der Waals surface area contributed by atoms with Crippen LogP contribution in [-0.2, 0) is 0 Å². The second kappa shape index (κ2) is 7.10. The van der Waals surface area contributed by atoms with Crippen LogP contribution in [0.1, 0.15) is 18.7 Å². The Kier molecular flexibility index (Phi) is 5.19. The minimum atomic E-state index is -0.742. The Bertz CT molecular complexity index is 513. The first-order valence-corrected chi connectivity index (χ1v) is 7.07. The Balaban J connectivity index is 1.82. The molecule has 3 N–H and O–H groups in total. The van der Waals surface area contributed by atoms with E-state index in [1.165, 1.54) is 6.21 Å². The van der Waals surface area contributed by atoms with Gasteiger partial charge >= 0.3 is 0 Å². The minimum Gasteiger partial charge on any atom is -0.619 e. The number of benzene rings is 1. The molecule has 6 nitrogen and oxygen atoms in total. The summed E-state index contributed by atoms with van der Waals surface area (Å²) < 4.78 is 0.787. The zero-order valence-corrected chi connectivity index (χ0v) is 12.2. The minimum absolute atomic E-state index is 0.549. The number of hydrogen-bond donors (Lipinski definition) is 3. The standard InChI is InChI=1S/C15H22N4O2/c1-3-19(21)14-6-4-13(5-7-14)15(20)17-9-11-18-10-8-16-12(18)2/h3-7,15-17,20H,2,8-11H2,1H3/b19-3+. The molecule has 0 aliphatic carbocycles. The van der Waals surface area contributed by atoms with E-state index in [2.05, 4.69) is 22.1 Å². The van der Waals surface area contributed by atoms with Gasteiger partial charge in [0.2, 0.25) is 5.69 Å². The molecule has 1 atom stereocenters. The van der Waals surface area contributed by atoms with Crippen LogP contribution in [0.5, 0.6) is 0 Å². The molecule has 114 valence electrons. The molecule has 2 rings (SSSR count). The highest BCUT2D eigenvalue weighted by Gasteiger charge is 2.14. The fraction of sp³-hybridized carbons (Fsp3) is 0.400. The monoisotopic (exact) mass is 290 g/mol. The number of hydrogen-bond acceptors (Lipinski definition) is 5. The van der Waals surface area contributed by atoms with Gasteiger partial charge in [0.25, 0.3) is 0 Å². The maximum atomic E-state index is 11.4. The van der Waals surface area contributed by atoms with Crippen LogP contribution in [0.15, 0.2) is 36.7 Å². The van der Waals surface area contributed by atoms with Crippen molar-refractivity contribution in [3.8, 4) is 0 Å². The molecule has 1 aliphatic rings. The smallest absolute Gasteiger partial charge is 0.216 e. The summed E-state index contributed by atoms with van der Waals surface area (Å²) in [6.07, 6.45) is 0.703. The van der Waals surface area contributed by atoms with Crippen molar-refractivity contribution in [1.82, 2.24) is 15.5 Å². The summed E-state index contributed by atoms with van der Waals surface area (Å²) in [5.41, 5.74) is 1.29. The van der Waals surface area contributed by atoms with E-state index in [0.29, 0.717) is 12.2 Å². The van der Waals surface area contributed by atoms with Crippen molar-refractivity contribution >= 4 is 11.9 Å². The van der Waals surface area contributed by atoms with Gasteiger partial charge in [-0.2, -0.15) is 4.74 Å². The lowest BCUT2D eigenvalue weighted by atomic mass is 10.2. The fourth-order valence-corrected chi connectivity index (χ4v) is 2.24. The largest absolute Gasteiger partial charge is 0.619 e. The van der Waals surface area contributed by atoms with E-state index in [1.54, 1.807) is 31.2 Å². The van der Waals surface area contributed by atoms with Gasteiger partial charge in [-0.05, 0) is 17.7 Å². The third kappa shape index (κ3) is 3.96. The second-order valence-electron chi connectivity index (χ2n) is 4.89. The molecule has 0 radical (unpaired) electrons. The summed E-state index contributed by atoms with van der Waals surface area (Å²) in [5, 5.41) is 27.7. The van der Waals surface area contributed by atoms with E-state index in [4.69, 9.17) is 0 Å². The van der Waals surface area contributed by atoms with Gasteiger partial charge in [0.1, 0.15) is 6.23 Å². The van der Waals surface area contributed by atoms with Crippen molar-refractivity contribution in [1.29, 1.82) is 0 Å². The van der Waals surface area contributed by atoms with Gasteiger partial charge in [0.05, 0.1) is 5.82 Å². The van der Waals surface area contributed by atoms with E-state index in [-0.39, 0.29) is 0 Å². The molecule has 1 heterocycles. The highest BCUT2D eigenvalue weighted by atomic mass is 16.5. The molecule has 1 fully saturated rings. The van der Waals surface area contributed by atoms with Crippen molar-refractivity contribution in [3.63, 3.8) is 0 Å². The Hall–Kier alpha value is -2.05. The second-order valence-corrected chi connectivity index (χ2v) is 4.89. The van der Waals surface area contributed by atoms with Gasteiger partial charge in [0.15, 0.2) is 6.21 Å². The summed E-state index contributed by atoms with van der Waals surface area (Å²) >= 11 is 0. The average Bonchev–Trinajstić information content (AvgIpc) is 2.92. The maximum Gasteiger partial charge on any atom is 0.216 e. The predicted octanol–water partition coefficient (Wildman–Crippen LogP) is 0.876. The first-order chi connectivity index (χ1) is 10.1. The Morgan fingerprint density at radius 1 is 1.52 bits per heavy atom. The van der Waals surface area contributed by atoms with Gasteiger partial charge in [-0.3, -0.25) is 5.32 Å². The van der Waals surface area contributed by atoms with Crippen LogP contribution in [0.25, 0.3) is 0 Å². The van der Waals surface area contributed by atoms with E-state index < -0.39 is 6.23 Å². The number of nitrogens with zero attached hydrogens (tertiary/aromatic N) is 2. The first-order valence-electron chi connectivity index (χ1n) is 7.07. The van der Waals surface area contributed by atoms with Crippen LogP contribution < -0.4 is 10.6 Å². The highest BCUT2D eigenvalue weighted by molar-refractivity contribution is 5.50. The van der Waals surface area contributed by atoms with E-state index in [9.17, 15) is 10.3 Å². The molecule has 1 aromatic rings. The SMILES string of the molecule is C=C1NCCN1CCNC(O)c1ccc(/[N+]([O-])=C\C)cc1. The normalized spacial score (nSPS) is 17.0. The van der Waals surface area contributed by atoms with Gasteiger partial charge in [-0.15, -0.1) is 0 Å². The third-order valence-corrected chi connectivity index (χ3v) is 3.51. The molecule has 0 aromatic heterocycles. The topological polar surface area (TPSA) is 73.6 Å². The predicted molar refractivity (Wildman–Crippen MR) is 83.1 cm³/mol. The van der Waals surface area contributed by atoms with Crippen LogP contribution in [0, 0.1) is 5.21 Å². The van der Waals surface area contributed by atoms with Gasteiger partial charge < -0.3 is 20.5 Å². The first kappa shape index (κ1) is 15.3.